The molecule has 2 amide bonds. The number of carbonyl (C=O) groups excluding carboxylic acids is 2. The second-order valence-electron chi connectivity index (χ2n) is 11.1. The molecule has 2 atom stereocenters. The van der Waals surface area contributed by atoms with Gasteiger partial charge in [0, 0.05) is 49.4 Å². The standard InChI is InChI=1S/C30H33ClFN3O4/c1-20(2)18-38-25-15-30(29(37)35(17-25)16-21-7-9-23(31)10-8-21)11-4-12-34(19-30)28(36)27-14-26(33-39-27)22-5-3-6-24(32)13-22/h3,5-10,13-14,20,25H,4,11-12,15-19H2,1-2H3/t25-,30+/m0/s1. The van der Waals surface area contributed by atoms with Crippen molar-refractivity contribution in [3.05, 3.63) is 76.8 Å². The molecule has 7 nitrogen and oxygen atoms in total. The highest BCUT2D eigenvalue weighted by atomic mass is 35.5. The Bertz CT molecular complexity index is 1330. The average molecular weight is 554 g/mol. The smallest absolute Gasteiger partial charge is 0.292 e. The van der Waals surface area contributed by atoms with Gasteiger partial charge in [-0.25, -0.2) is 4.39 Å². The van der Waals surface area contributed by atoms with Crippen LogP contribution in [0.15, 0.2) is 59.1 Å². The Balaban J connectivity index is 1.36. The summed E-state index contributed by atoms with van der Waals surface area (Å²) in [5, 5.41) is 4.63. The number of carbonyl (C=O) groups is 2. The molecule has 0 N–H and O–H groups in total. The molecule has 5 rings (SSSR count). The molecule has 2 saturated heterocycles. The van der Waals surface area contributed by atoms with Crippen molar-refractivity contribution >= 4 is 23.4 Å². The van der Waals surface area contributed by atoms with Crippen molar-refractivity contribution in [2.75, 3.05) is 26.2 Å². The van der Waals surface area contributed by atoms with Crippen molar-refractivity contribution in [2.45, 2.75) is 45.8 Å². The third-order valence-corrected chi connectivity index (χ3v) is 7.69. The molecule has 2 fully saturated rings. The Labute approximate surface area is 232 Å². The maximum absolute atomic E-state index is 14.0. The summed E-state index contributed by atoms with van der Waals surface area (Å²) in [6.07, 6.45) is 1.80. The first-order valence-corrected chi connectivity index (χ1v) is 13.8. The molecular weight excluding hydrogens is 521 g/mol. The Kier molecular flexibility index (Phi) is 8.05. The van der Waals surface area contributed by atoms with Gasteiger partial charge in [-0.1, -0.05) is 54.9 Å². The van der Waals surface area contributed by atoms with Crippen molar-refractivity contribution in [1.29, 1.82) is 0 Å². The minimum Gasteiger partial charge on any atom is -0.376 e. The minimum atomic E-state index is -0.744. The molecule has 1 aromatic heterocycles. The van der Waals surface area contributed by atoms with E-state index >= 15 is 0 Å². The van der Waals surface area contributed by atoms with Crippen LogP contribution in [0.2, 0.25) is 5.02 Å². The number of piperidine rings is 2. The van der Waals surface area contributed by atoms with E-state index < -0.39 is 11.2 Å². The number of aromatic nitrogens is 1. The van der Waals surface area contributed by atoms with E-state index in [1.807, 2.05) is 29.2 Å². The van der Waals surface area contributed by atoms with Gasteiger partial charge in [-0.05, 0) is 55.0 Å². The van der Waals surface area contributed by atoms with Crippen LogP contribution in [-0.2, 0) is 16.1 Å². The third kappa shape index (κ3) is 6.17. The zero-order chi connectivity index (χ0) is 27.6. The number of benzene rings is 2. The number of likely N-dealkylation sites (tertiary alicyclic amines) is 2. The molecule has 9 heteroatoms. The van der Waals surface area contributed by atoms with Gasteiger partial charge in [0.15, 0.2) is 0 Å². The van der Waals surface area contributed by atoms with Crippen molar-refractivity contribution in [3.63, 3.8) is 0 Å². The van der Waals surface area contributed by atoms with Gasteiger partial charge in [0.05, 0.1) is 11.5 Å². The highest BCUT2D eigenvalue weighted by Crippen LogP contribution is 2.41. The van der Waals surface area contributed by atoms with E-state index in [1.54, 1.807) is 17.0 Å². The fraction of sp³-hybridized carbons (Fsp3) is 0.433. The largest absolute Gasteiger partial charge is 0.376 e. The molecule has 3 aromatic rings. The summed E-state index contributed by atoms with van der Waals surface area (Å²) >= 11 is 6.07. The molecule has 0 unspecified atom stereocenters. The van der Waals surface area contributed by atoms with Crippen LogP contribution in [-0.4, -0.2) is 59.1 Å². The normalized spacial score (nSPS) is 21.7. The number of rotatable bonds is 7. The summed E-state index contributed by atoms with van der Waals surface area (Å²) in [5.41, 5.74) is 1.15. The molecule has 3 heterocycles. The Hall–Kier alpha value is -3.23. The lowest BCUT2D eigenvalue weighted by atomic mass is 9.72. The molecular formula is C30H33ClFN3O4. The van der Waals surface area contributed by atoms with Gasteiger partial charge in [0.1, 0.15) is 11.5 Å². The van der Waals surface area contributed by atoms with Crippen molar-refractivity contribution in [3.8, 4) is 11.3 Å². The van der Waals surface area contributed by atoms with Crippen LogP contribution in [0.4, 0.5) is 4.39 Å². The van der Waals surface area contributed by atoms with Crippen LogP contribution in [0, 0.1) is 17.2 Å². The summed E-state index contributed by atoms with van der Waals surface area (Å²) in [6, 6.07) is 15.0. The predicted molar refractivity (Wildman–Crippen MR) is 146 cm³/mol. The highest BCUT2D eigenvalue weighted by molar-refractivity contribution is 6.30. The first-order chi connectivity index (χ1) is 18.7. The van der Waals surface area contributed by atoms with Gasteiger partial charge < -0.3 is 19.1 Å². The maximum Gasteiger partial charge on any atom is 0.292 e. The summed E-state index contributed by atoms with van der Waals surface area (Å²) in [4.78, 5) is 31.1. The van der Waals surface area contributed by atoms with Gasteiger partial charge in [0.25, 0.3) is 5.91 Å². The number of amides is 2. The van der Waals surface area contributed by atoms with Crippen molar-refractivity contribution in [1.82, 2.24) is 15.0 Å². The number of halogens is 2. The molecule has 2 aliphatic rings. The lowest BCUT2D eigenvalue weighted by Gasteiger charge is -2.49. The van der Waals surface area contributed by atoms with E-state index in [4.69, 9.17) is 20.9 Å². The number of hydrogen-bond donors (Lipinski definition) is 0. The predicted octanol–water partition coefficient (Wildman–Crippen LogP) is 5.83. The fourth-order valence-electron chi connectivity index (χ4n) is 5.60. The maximum atomic E-state index is 14.0. The van der Waals surface area contributed by atoms with Crippen molar-refractivity contribution in [2.24, 2.45) is 11.3 Å². The second-order valence-corrected chi connectivity index (χ2v) is 11.5. The Morgan fingerprint density at radius 3 is 2.77 bits per heavy atom. The van der Waals surface area contributed by atoms with Gasteiger partial charge in [0.2, 0.25) is 11.7 Å². The zero-order valence-corrected chi connectivity index (χ0v) is 23.0. The van der Waals surface area contributed by atoms with E-state index in [1.165, 1.54) is 18.2 Å². The third-order valence-electron chi connectivity index (χ3n) is 7.44. The lowest BCUT2D eigenvalue weighted by molar-refractivity contribution is -0.160. The minimum absolute atomic E-state index is 0.0392. The van der Waals surface area contributed by atoms with Crippen LogP contribution in [0.3, 0.4) is 0 Å². The molecule has 1 spiro atoms. The molecule has 39 heavy (non-hydrogen) atoms. The Morgan fingerprint density at radius 2 is 2.03 bits per heavy atom. The van der Waals surface area contributed by atoms with Crippen LogP contribution in [0.25, 0.3) is 11.3 Å². The van der Waals surface area contributed by atoms with Crippen LogP contribution >= 0.6 is 11.6 Å². The van der Waals surface area contributed by atoms with Crippen LogP contribution in [0.1, 0.15) is 49.2 Å². The van der Waals surface area contributed by atoms with Gasteiger partial charge in [-0.15, -0.1) is 0 Å². The van der Waals surface area contributed by atoms with Gasteiger partial charge in [-0.3, -0.25) is 9.59 Å². The number of ether oxygens (including phenoxy) is 1. The number of nitrogens with zero attached hydrogens (tertiary/aromatic N) is 3. The van der Waals surface area contributed by atoms with Gasteiger partial charge in [-0.2, -0.15) is 0 Å². The van der Waals surface area contributed by atoms with E-state index in [-0.39, 0.29) is 30.2 Å². The first kappa shape index (κ1) is 27.3. The van der Waals surface area contributed by atoms with Crippen LogP contribution in [0.5, 0.6) is 0 Å². The quantitative estimate of drug-likeness (QED) is 0.368. The Morgan fingerprint density at radius 1 is 1.23 bits per heavy atom. The monoisotopic (exact) mass is 553 g/mol. The summed E-state index contributed by atoms with van der Waals surface area (Å²) in [6.45, 7) is 6.55. The summed E-state index contributed by atoms with van der Waals surface area (Å²) in [7, 11) is 0. The van der Waals surface area contributed by atoms with E-state index in [2.05, 4.69) is 19.0 Å². The molecule has 2 aliphatic heterocycles. The zero-order valence-electron chi connectivity index (χ0n) is 22.2. The van der Waals surface area contributed by atoms with E-state index in [0.717, 1.165) is 5.56 Å². The fourth-order valence-corrected chi connectivity index (χ4v) is 5.73. The van der Waals surface area contributed by atoms with Gasteiger partial charge >= 0.3 is 0 Å². The van der Waals surface area contributed by atoms with E-state index in [0.29, 0.717) is 67.7 Å². The average Bonchev–Trinajstić information content (AvgIpc) is 3.42. The second kappa shape index (κ2) is 11.5. The molecule has 0 saturated carbocycles. The summed E-state index contributed by atoms with van der Waals surface area (Å²) < 4.78 is 25.3. The topological polar surface area (TPSA) is 75.9 Å². The highest BCUT2D eigenvalue weighted by Gasteiger charge is 2.50. The summed E-state index contributed by atoms with van der Waals surface area (Å²) in [5.74, 6) is -0.245. The SMILES string of the molecule is CC(C)CO[C@@H]1CN(Cc2ccc(Cl)cc2)C(=O)[C@]2(CCCN(C(=O)c3cc(-c4cccc(F)c4)no3)C2)C1. The molecule has 206 valence electrons. The molecule has 0 aliphatic carbocycles. The lowest BCUT2D eigenvalue weighted by Crippen LogP contribution is -2.60. The number of hydrogen-bond acceptors (Lipinski definition) is 5. The van der Waals surface area contributed by atoms with E-state index in [9.17, 15) is 14.0 Å². The van der Waals surface area contributed by atoms with Crippen LogP contribution < -0.4 is 0 Å². The van der Waals surface area contributed by atoms with Crippen molar-refractivity contribution < 1.29 is 23.2 Å². The molecule has 0 bridgehead atoms. The molecule has 0 radical (unpaired) electrons. The first-order valence-electron chi connectivity index (χ1n) is 13.4. The molecule has 2 aromatic carbocycles.